The van der Waals surface area contributed by atoms with Gasteiger partial charge in [0.25, 0.3) is 0 Å². The van der Waals surface area contributed by atoms with Crippen LogP contribution in [-0.2, 0) is 0 Å². The van der Waals surface area contributed by atoms with Gasteiger partial charge in [0.15, 0.2) is 0 Å². The highest BCUT2D eigenvalue weighted by Crippen LogP contribution is 2.36. The maximum Gasteiger partial charge on any atom is 0.407 e. The quantitative estimate of drug-likeness (QED) is 0.690. The molecule has 0 aromatic heterocycles. The summed E-state index contributed by atoms with van der Waals surface area (Å²) in [5.41, 5.74) is 0. The van der Waals surface area contributed by atoms with E-state index in [1.807, 2.05) is 7.05 Å². The lowest BCUT2D eigenvalue weighted by Gasteiger charge is -2.42. The van der Waals surface area contributed by atoms with Gasteiger partial charge < -0.3 is 15.3 Å². The van der Waals surface area contributed by atoms with Gasteiger partial charge in [-0.05, 0) is 44.6 Å². The topological polar surface area (TPSA) is 52.6 Å². The zero-order valence-electron chi connectivity index (χ0n) is 9.28. The van der Waals surface area contributed by atoms with Crippen molar-refractivity contribution in [3.63, 3.8) is 0 Å². The van der Waals surface area contributed by atoms with Crippen LogP contribution in [0.4, 0.5) is 4.79 Å². The predicted molar refractivity (Wildman–Crippen MR) is 57.9 cm³/mol. The second-order valence-corrected chi connectivity index (χ2v) is 4.84. The van der Waals surface area contributed by atoms with Gasteiger partial charge in [-0.1, -0.05) is 0 Å². The van der Waals surface area contributed by atoms with Crippen LogP contribution >= 0.6 is 0 Å². The van der Waals surface area contributed by atoms with Crippen molar-refractivity contribution in [1.82, 2.24) is 10.2 Å². The summed E-state index contributed by atoms with van der Waals surface area (Å²) >= 11 is 0. The highest BCUT2D eigenvalue weighted by atomic mass is 16.4. The van der Waals surface area contributed by atoms with E-state index < -0.39 is 6.09 Å². The Morgan fingerprint density at radius 3 is 2.80 bits per heavy atom. The number of piperidine rings is 1. The first kappa shape index (κ1) is 10.7. The monoisotopic (exact) mass is 212 g/mol. The Balaban J connectivity index is 1.91. The molecule has 3 atom stereocenters. The second kappa shape index (κ2) is 4.39. The molecule has 86 valence electrons. The number of hydrogen-bond acceptors (Lipinski definition) is 2. The van der Waals surface area contributed by atoms with Crippen molar-refractivity contribution in [2.24, 2.45) is 11.8 Å². The number of carboxylic acid groups (broad SMARTS) is 1. The summed E-state index contributed by atoms with van der Waals surface area (Å²) in [4.78, 5) is 12.4. The molecule has 0 spiro atoms. The van der Waals surface area contributed by atoms with Gasteiger partial charge in [-0.25, -0.2) is 4.79 Å². The van der Waals surface area contributed by atoms with Crippen molar-refractivity contribution >= 4 is 6.09 Å². The van der Waals surface area contributed by atoms with E-state index in [0.29, 0.717) is 12.0 Å². The van der Waals surface area contributed by atoms with Crippen molar-refractivity contribution in [3.05, 3.63) is 0 Å². The third kappa shape index (κ3) is 2.25. The minimum absolute atomic E-state index is 0.611. The molecule has 0 aromatic carbocycles. The van der Waals surface area contributed by atoms with Crippen molar-refractivity contribution in [1.29, 1.82) is 0 Å². The minimum Gasteiger partial charge on any atom is -0.465 e. The smallest absolute Gasteiger partial charge is 0.407 e. The average molecular weight is 212 g/mol. The molecule has 1 saturated carbocycles. The molecule has 2 N–H and O–H groups in total. The Bertz CT molecular complexity index is 245. The van der Waals surface area contributed by atoms with Crippen molar-refractivity contribution in [2.75, 3.05) is 20.1 Å². The van der Waals surface area contributed by atoms with Crippen LogP contribution in [0.25, 0.3) is 0 Å². The number of carbonyl (C=O) groups is 1. The van der Waals surface area contributed by atoms with E-state index >= 15 is 0 Å². The Morgan fingerprint density at radius 1 is 1.33 bits per heavy atom. The number of rotatable bonds is 1. The number of amides is 1. The van der Waals surface area contributed by atoms with E-state index in [-0.39, 0.29) is 0 Å². The van der Waals surface area contributed by atoms with Crippen LogP contribution in [0.15, 0.2) is 0 Å². The van der Waals surface area contributed by atoms with Crippen LogP contribution in [0.2, 0.25) is 0 Å². The lowest BCUT2D eigenvalue weighted by molar-refractivity contribution is 0.0696. The summed E-state index contributed by atoms with van der Waals surface area (Å²) in [5.74, 6) is 1.35. The Hall–Kier alpha value is -0.770. The van der Waals surface area contributed by atoms with E-state index in [4.69, 9.17) is 5.11 Å². The lowest BCUT2D eigenvalue weighted by Crippen LogP contribution is -2.47. The van der Waals surface area contributed by atoms with Gasteiger partial charge in [0.2, 0.25) is 0 Å². The van der Waals surface area contributed by atoms with E-state index in [1.54, 1.807) is 4.90 Å². The fourth-order valence-electron chi connectivity index (χ4n) is 3.05. The van der Waals surface area contributed by atoms with Crippen molar-refractivity contribution in [3.8, 4) is 0 Å². The average Bonchev–Trinajstić information content (AvgIpc) is 2.27. The second-order valence-electron chi connectivity index (χ2n) is 4.84. The molecule has 2 aliphatic rings. The minimum atomic E-state index is -0.746. The number of likely N-dealkylation sites (tertiary alicyclic amines) is 1. The molecule has 4 heteroatoms. The number of nitrogens with one attached hydrogen (secondary N) is 1. The van der Waals surface area contributed by atoms with Gasteiger partial charge in [0.05, 0.1) is 0 Å². The van der Waals surface area contributed by atoms with Gasteiger partial charge >= 0.3 is 6.09 Å². The molecular formula is C11H20N2O2. The lowest BCUT2D eigenvalue weighted by atomic mass is 9.73. The van der Waals surface area contributed by atoms with E-state index in [1.165, 1.54) is 19.3 Å². The number of fused-ring (bicyclic) bond motifs is 1. The third-order valence-corrected chi connectivity index (χ3v) is 4.04. The van der Waals surface area contributed by atoms with Gasteiger partial charge in [-0.15, -0.1) is 0 Å². The zero-order valence-corrected chi connectivity index (χ0v) is 9.28. The van der Waals surface area contributed by atoms with Crippen molar-refractivity contribution < 1.29 is 9.90 Å². The SMILES string of the molecule is CNC1CCC2CN(C(=O)O)CCC2C1. The molecule has 0 aromatic rings. The molecule has 1 heterocycles. The molecule has 1 aliphatic heterocycles. The highest BCUT2D eigenvalue weighted by molar-refractivity contribution is 5.65. The summed E-state index contributed by atoms with van der Waals surface area (Å²) in [6, 6.07) is 0.655. The van der Waals surface area contributed by atoms with Crippen LogP contribution in [-0.4, -0.2) is 42.3 Å². The maximum atomic E-state index is 10.9. The van der Waals surface area contributed by atoms with Crippen LogP contribution in [0.5, 0.6) is 0 Å². The predicted octanol–water partition coefficient (Wildman–Crippen LogP) is 1.37. The largest absolute Gasteiger partial charge is 0.465 e. The molecule has 15 heavy (non-hydrogen) atoms. The molecule has 3 unspecified atom stereocenters. The molecule has 1 amide bonds. The molecule has 2 fully saturated rings. The third-order valence-electron chi connectivity index (χ3n) is 4.04. The highest BCUT2D eigenvalue weighted by Gasteiger charge is 2.35. The summed E-state index contributed by atoms with van der Waals surface area (Å²) in [6.07, 6.45) is 3.92. The van der Waals surface area contributed by atoms with Gasteiger partial charge in [0, 0.05) is 19.1 Å². The Kier molecular flexibility index (Phi) is 3.14. The molecule has 1 saturated heterocycles. The Labute approximate surface area is 90.6 Å². The van der Waals surface area contributed by atoms with Crippen LogP contribution in [0, 0.1) is 11.8 Å². The summed E-state index contributed by atoms with van der Waals surface area (Å²) in [5, 5.41) is 12.3. The van der Waals surface area contributed by atoms with Gasteiger partial charge in [0.1, 0.15) is 0 Å². The molecule has 0 bridgehead atoms. The maximum absolute atomic E-state index is 10.9. The molecular weight excluding hydrogens is 192 g/mol. The van der Waals surface area contributed by atoms with Gasteiger partial charge in [-0.2, -0.15) is 0 Å². The van der Waals surface area contributed by atoms with Crippen molar-refractivity contribution in [2.45, 2.75) is 31.7 Å². The fraction of sp³-hybridized carbons (Fsp3) is 0.909. The van der Waals surface area contributed by atoms with Crippen LogP contribution in [0.1, 0.15) is 25.7 Å². The first-order chi connectivity index (χ1) is 7.20. The normalized spacial score (nSPS) is 36.1. The van der Waals surface area contributed by atoms with Crippen LogP contribution in [0.3, 0.4) is 0 Å². The molecule has 0 radical (unpaired) electrons. The van der Waals surface area contributed by atoms with E-state index in [2.05, 4.69) is 5.32 Å². The molecule has 2 rings (SSSR count). The molecule has 1 aliphatic carbocycles. The Morgan fingerprint density at radius 2 is 2.13 bits per heavy atom. The first-order valence-corrected chi connectivity index (χ1v) is 5.86. The standard InChI is InChI=1S/C11H20N2O2/c1-12-10-3-2-9-7-13(11(14)15)5-4-8(9)6-10/h8-10,12H,2-7H2,1H3,(H,14,15). The summed E-state index contributed by atoms with van der Waals surface area (Å²) < 4.78 is 0. The zero-order chi connectivity index (χ0) is 10.8. The fourth-order valence-corrected chi connectivity index (χ4v) is 3.05. The molecule has 4 nitrogen and oxygen atoms in total. The summed E-state index contributed by atoms with van der Waals surface area (Å²) in [6.45, 7) is 1.49. The first-order valence-electron chi connectivity index (χ1n) is 5.86. The number of nitrogens with zero attached hydrogens (tertiary/aromatic N) is 1. The van der Waals surface area contributed by atoms with E-state index in [9.17, 15) is 4.79 Å². The van der Waals surface area contributed by atoms with Crippen LogP contribution < -0.4 is 5.32 Å². The number of hydrogen-bond donors (Lipinski definition) is 2. The summed E-state index contributed by atoms with van der Waals surface area (Å²) in [7, 11) is 2.03. The van der Waals surface area contributed by atoms with Gasteiger partial charge in [-0.3, -0.25) is 0 Å². The van der Waals surface area contributed by atoms with E-state index in [0.717, 1.165) is 25.4 Å².